The Bertz CT molecular complexity index is 912. The smallest absolute Gasteiger partial charge is 0.348 e. The van der Waals surface area contributed by atoms with Gasteiger partial charge in [-0.2, -0.15) is 0 Å². The Hall–Kier alpha value is -2.50. The van der Waals surface area contributed by atoms with Gasteiger partial charge in [0.05, 0.1) is 0 Å². The number of hydrogen-bond acceptors (Lipinski definition) is 5. The molecule has 1 heterocycles. The van der Waals surface area contributed by atoms with Gasteiger partial charge < -0.3 is 14.2 Å². The zero-order valence-electron chi connectivity index (χ0n) is 14.6. The molecule has 7 heteroatoms. The molecule has 0 spiro atoms. The minimum Gasteiger partial charge on any atom is -0.488 e. The SMILES string of the molecule is CC1(C)OC(=O)C(=Cc2cc(Cl)ccc2OCc2ccccc2Cl)C(=O)O1. The quantitative estimate of drug-likeness (QED) is 0.414. The minimum absolute atomic E-state index is 0.208. The standard InChI is InChI=1S/C20H16Cl2O5/c1-20(2)26-18(23)15(19(24)27-20)10-13-9-14(21)7-8-17(13)25-11-12-5-3-4-6-16(12)22/h3-10H,11H2,1-2H3. The number of hydrogen-bond donors (Lipinski definition) is 0. The summed E-state index contributed by atoms with van der Waals surface area (Å²) in [5.74, 6) is -2.41. The first-order valence-corrected chi connectivity index (χ1v) is 8.85. The monoisotopic (exact) mass is 406 g/mol. The molecule has 0 atom stereocenters. The van der Waals surface area contributed by atoms with Crippen LogP contribution in [0.25, 0.3) is 6.08 Å². The van der Waals surface area contributed by atoms with Gasteiger partial charge in [-0.25, -0.2) is 9.59 Å². The van der Waals surface area contributed by atoms with Crippen LogP contribution in [-0.2, 0) is 25.7 Å². The first-order chi connectivity index (χ1) is 12.7. The topological polar surface area (TPSA) is 61.8 Å². The van der Waals surface area contributed by atoms with Gasteiger partial charge in [-0.15, -0.1) is 0 Å². The Morgan fingerprint density at radius 2 is 1.70 bits per heavy atom. The second-order valence-corrected chi connectivity index (χ2v) is 7.14. The van der Waals surface area contributed by atoms with Crippen molar-refractivity contribution in [3.63, 3.8) is 0 Å². The third kappa shape index (κ3) is 4.62. The summed E-state index contributed by atoms with van der Waals surface area (Å²) < 4.78 is 16.0. The first kappa shape index (κ1) is 19.3. The van der Waals surface area contributed by atoms with Crippen LogP contribution < -0.4 is 4.74 Å². The average molecular weight is 407 g/mol. The lowest BCUT2D eigenvalue weighted by Gasteiger charge is -2.29. The molecule has 1 fully saturated rings. The zero-order valence-corrected chi connectivity index (χ0v) is 16.1. The van der Waals surface area contributed by atoms with E-state index in [1.807, 2.05) is 18.2 Å². The lowest BCUT2D eigenvalue weighted by molar-refractivity contribution is -0.222. The summed E-state index contributed by atoms with van der Waals surface area (Å²) in [7, 11) is 0. The van der Waals surface area contributed by atoms with Crippen molar-refractivity contribution in [2.75, 3.05) is 0 Å². The third-order valence-electron chi connectivity index (χ3n) is 3.73. The number of halogens is 2. The summed E-state index contributed by atoms with van der Waals surface area (Å²) in [5.41, 5.74) is 1.00. The molecule has 0 amide bonds. The maximum atomic E-state index is 12.2. The van der Waals surface area contributed by atoms with E-state index in [0.29, 0.717) is 21.4 Å². The maximum Gasteiger partial charge on any atom is 0.348 e. The predicted molar refractivity (Wildman–Crippen MR) is 101 cm³/mol. The average Bonchev–Trinajstić information content (AvgIpc) is 2.58. The zero-order chi connectivity index (χ0) is 19.6. The summed E-state index contributed by atoms with van der Waals surface area (Å²) in [6, 6.07) is 12.2. The highest BCUT2D eigenvalue weighted by atomic mass is 35.5. The van der Waals surface area contributed by atoms with Gasteiger partial charge in [0.25, 0.3) is 5.79 Å². The van der Waals surface area contributed by atoms with Gasteiger partial charge in [-0.1, -0.05) is 41.4 Å². The van der Waals surface area contributed by atoms with Gasteiger partial charge in [-0.3, -0.25) is 0 Å². The van der Waals surface area contributed by atoms with E-state index in [2.05, 4.69) is 0 Å². The lowest BCUT2D eigenvalue weighted by Crippen LogP contribution is -2.41. The van der Waals surface area contributed by atoms with Crippen LogP contribution in [0.3, 0.4) is 0 Å². The van der Waals surface area contributed by atoms with Crippen LogP contribution in [0.5, 0.6) is 5.75 Å². The van der Waals surface area contributed by atoms with Crippen LogP contribution in [0.15, 0.2) is 48.0 Å². The molecule has 2 aromatic rings. The number of carbonyl (C=O) groups excluding carboxylic acids is 2. The van der Waals surface area contributed by atoms with E-state index in [9.17, 15) is 9.59 Å². The summed E-state index contributed by atoms with van der Waals surface area (Å²) in [5, 5.41) is 0.998. The number of esters is 2. The van der Waals surface area contributed by atoms with E-state index in [1.165, 1.54) is 19.9 Å². The van der Waals surface area contributed by atoms with Crippen molar-refractivity contribution in [2.24, 2.45) is 0 Å². The predicted octanol–water partition coefficient (Wildman–Crippen LogP) is 4.79. The molecule has 3 rings (SSSR count). The molecular formula is C20H16Cl2O5. The van der Waals surface area contributed by atoms with Gasteiger partial charge in [0.2, 0.25) is 0 Å². The summed E-state index contributed by atoms with van der Waals surface area (Å²) in [6.45, 7) is 3.17. The van der Waals surface area contributed by atoms with Crippen LogP contribution in [0.1, 0.15) is 25.0 Å². The van der Waals surface area contributed by atoms with Crippen LogP contribution in [0.4, 0.5) is 0 Å². The minimum atomic E-state index is -1.30. The van der Waals surface area contributed by atoms with Crippen LogP contribution in [0.2, 0.25) is 10.0 Å². The highest BCUT2D eigenvalue weighted by Crippen LogP contribution is 2.30. The molecule has 0 aliphatic carbocycles. The molecule has 1 aliphatic rings. The molecule has 5 nitrogen and oxygen atoms in total. The first-order valence-electron chi connectivity index (χ1n) is 8.09. The van der Waals surface area contributed by atoms with E-state index in [1.54, 1.807) is 24.3 Å². The Balaban J connectivity index is 1.89. The molecular weight excluding hydrogens is 391 g/mol. The fourth-order valence-corrected chi connectivity index (χ4v) is 2.84. The largest absolute Gasteiger partial charge is 0.488 e. The lowest BCUT2D eigenvalue weighted by atomic mass is 10.1. The van der Waals surface area contributed by atoms with E-state index in [-0.39, 0.29) is 12.2 Å². The van der Waals surface area contributed by atoms with Gasteiger partial charge in [0.15, 0.2) is 0 Å². The maximum absolute atomic E-state index is 12.2. The van der Waals surface area contributed by atoms with Crippen molar-refractivity contribution in [3.8, 4) is 5.75 Å². The molecule has 140 valence electrons. The molecule has 0 saturated carbocycles. The molecule has 0 unspecified atom stereocenters. The van der Waals surface area contributed by atoms with Gasteiger partial charge in [-0.05, 0) is 30.3 Å². The number of cyclic esters (lactones) is 2. The second-order valence-electron chi connectivity index (χ2n) is 6.30. The van der Waals surface area contributed by atoms with Gasteiger partial charge >= 0.3 is 11.9 Å². The van der Waals surface area contributed by atoms with Crippen molar-refractivity contribution >= 4 is 41.2 Å². The van der Waals surface area contributed by atoms with Gasteiger partial charge in [0.1, 0.15) is 17.9 Å². The van der Waals surface area contributed by atoms with Crippen molar-refractivity contribution in [1.29, 1.82) is 0 Å². The molecule has 0 bridgehead atoms. The van der Waals surface area contributed by atoms with E-state index in [0.717, 1.165) is 5.56 Å². The molecule has 0 N–H and O–H groups in total. The number of rotatable bonds is 4. The van der Waals surface area contributed by atoms with E-state index >= 15 is 0 Å². The van der Waals surface area contributed by atoms with Crippen molar-refractivity contribution in [1.82, 2.24) is 0 Å². The van der Waals surface area contributed by atoms with Crippen LogP contribution in [0, 0.1) is 0 Å². The summed E-state index contributed by atoms with van der Waals surface area (Å²) in [6.07, 6.45) is 1.34. The molecule has 1 aliphatic heterocycles. The van der Waals surface area contributed by atoms with Crippen LogP contribution in [-0.4, -0.2) is 17.7 Å². The molecule has 0 aromatic heterocycles. The molecule has 2 aromatic carbocycles. The van der Waals surface area contributed by atoms with Gasteiger partial charge in [0, 0.05) is 35.0 Å². The fraction of sp³-hybridized carbons (Fsp3) is 0.200. The van der Waals surface area contributed by atoms with Crippen molar-refractivity contribution < 1.29 is 23.8 Å². The number of benzene rings is 2. The number of carbonyl (C=O) groups is 2. The fourth-order valence-electron chi connectivity index (χ4n) is 2.47. The summed E-state index contributed by atoms with van der Waals surface area (Å²) >= 11 is 12.2. The summed E-state index contributed by atoms with van der Waals surface area (Å²) in [4.78, 5) is 24.3. The normalized spacial score (nSPS) is 15.8. The Morgan fingerprint density at radius 1 is 1.04 bits per heavy atom. The van der Waals surface area contributed by atoms with Crippen LogP contribution >= 0.6 is 23.2 Å². The highest BCUT2D eigenvalue weighted by molar-refractivity contribution is 6.31. The van der Waals surface area contributed by atoms with E-state index < -0.39 is 17.7 Å². The second kappa shape index (κ2) is 7.62. The Kier molecular flexibility index (Phi) is 5.44. The Labute approximate surface area is 166 Å². The van der Waals surface area contributed by atoms with E-state index in [4.69, 9.17) is 37.4 Å². The molecule has 27 heavy (non-hydrogen) atoms. The number of ether oxygens (including phenoxy) is 3. The Morgan fingerprint density at radius 3 is 2.37 bits per heavy atom. The van der Waals surface area contributed by atoms with Crippen molar-refractivity contribution in [3.05, 3.63) is 69.2 Å². The third-order valence-corrected chi connectivity index (χ3v) is 4.33. The molecule has 1 saturated heterocycles. The van der Waals surface area contributed by atoms with Crippen molar-refractivity contribution in [2.45, 2.75) is 26.2 Å². The molecule has 0 radical (unpaired) electrons. The highest BCUT2D eigenvalue weighted by Gasteiger charge is 2.39.